The molecule has 0 spiro atoms. The predicted octanol–water partition coefficient (Wildman–Crippen LogP) is 1.30. The third-order valence-corrected chi connectivity index (χ3v) is 2.69. The van der Waals surface area contributed by atoms with Crippen molar-refractivity contribution in [3.8, 4) is 11.8 Å². The molecule has 0 saturated heterocycles. The highest BCUT2D eigenvalue weighted by Crippen LogP contribution is 2.13. The molecule has 6 nitrogen and oxygen atoms in total. The number of nitrogens with zero attached hydrogens (tertiary/aromatic N) is 1. The van der Waals surface area contributed by atoms with Crippen molar-refractivity contribution in [2.24, 2.45) is 0 Å². The van der Waals surface area contributed by atoms with Crippen LogP contribution in [0.5, 0.6) is 5.75 Å². The second-order valence-electron chi connectivity index (χ2n) is 4.20. The van der Waals surface area contributed by atoms with Crippen molar-refractivity contribution in [3.63, 3.8) is 0 Å². The molecule has 0 aromatic heterocycles. The lowest BCUT2D eigenvalue weighted by atomic mass is 10.2. The van der Waals surface area contributed by atoms with Crippen LogP contribution in [0.15, 0.2) is 24.3 Å². The lowest BCUT2D eigenvalue weighted by Crippen LogP contribution is -2.45. The van der Waals surface area contributed by atoms with Gasteiger partial charge in [0.05, 0.1) is 11.6 Å². The van der Waals surface area contributed by atoms with Crippen LogP contribution in [0, 0.1) is 11.3 Å². The summed E-state index contributed by atoms with van der Waals surface area (Å²) in [5, 5.41) is 19.9. The van der Waals surface area contributed by atoms with Gasteiger partial charge in [-0.1, -0.05) is 6.92 Å². The zero-order chi connectivity index (χ0) is 15.1. The average Bonchev–Trinajstić information content (AvgIpc) is 2.44. The molecule has 106 valence electrons. The van der Waals surface area contributed by atoms with Crippen LogP contribution in [0.2, 0.25) is 0 Å². The Labute approximate surface area is 117 Å². The number of carboxylic acids is 1. The first-order chi connectivity index (χ1) is 9.47. The Balaban J connectivity index is 2.61. The van der Waals surface area contributed by atoms with E-state index in [-0.39, 0.29) is 0 Å². The molecule has 0 aliphatic carbocycles. The number of carbonyl (C=O) groups excluding carboxylic acids is 1. The van der Waals surface area contributed by atoms with Crippen LogP contribution >= 0.6 is 0 Å². The molecule has 0 saturated carbocycles. The van der Waals surface area contributed by atoms with Crippen molar-refractivity contribution >= 4 is 11.9 Å². The van der Waals surface area contributed by atoms with Crippen molar-refractivity contribution in [1.29, 1.82) is 5.26 Å². The molecule has 1 aromatic carbocycles. The van der Waals surface area contributed by atoms with Crippen molar-refractivity contribution < 1.29 is 19.4 Å². The quantitative estimate of drug-likeness (QED) is 0.816. The monoisotopic (exact) mass is 276 g/mol. The van der Waals surface area contributed by atoms with Crippen LogP contribution in [-0.2, 0) is 9.59 Å². The number of hydrogen-bond acceptors (Lipinski definition) is 4. The summed E-state index contributed by atoms with van der Waals surface area (Å²) in [6.07, 6.45) is -0.527. The third-order valence-electron chi connectivity index (χ3n) is 2.69. The molecular weight excluding hydrogens is 260 g/mol. The Kier molecular flexibility index (Phi) is 5.54. The van der Waals surface area contributed by atoms with E-state index in [0.717, 1.165) is 0 Å². The minimum absolute atomic E-state index is 0.296. The number of carbonyl (C=O) groups is 2. The van der Waals surface area contributed by atoms with Crippen LogP contribution < -0.4 is 10.1 Å². The number of nitriles is 1. The number of rotatable bonds is 6. The first-order valence-corrected chi connectivity index (χ1v) is 6.18. The van der Waals surface area contributed by atoms with Crippen molar-refractivity contribution in [2.75, 3.05) is 0 Å². The van der Waals surface area contributed by atoms with Crippen molar-refractivity contribution in [3.05, 3.63) is 29.8 Å². The molecule has 0 bridgehead atoms. The Hall–Kier alpha value is -2.55. The van der Waals surface area contributed by atoms with E-state index in [1.54, 1.807) is 31.2 Å². The fraction of sp³-hybridized carbons (Fsp3) is 0.357. The number of amides is 1. The highest BCUT2D eigenvalue weighted by molar-refractivity contribution is 5.86. The lowest BCUT2D eigenvalue weighted by Gasteiger charge is -2.17. The maximum Gasteiger partial charge on any atom is 0.326 e. The fourth-order valence-corrected chi connectivity index (χ4v) is 1.49. The molecule has 0 aliphatic rings. The first kappa shape index (κ1) is 15.5. The summed E-state index contributed by atoms with van der Waals surface area (Å²) in [5.41, 5.74) is 0.492. The Morgan fingerprint density at radius 3 is 2.45 bits per heavy atom. The Bertz CT molecular complexity index is 519. The molecule has 0 radical (unpaired) electrons. The predicted molar refractivity (Wildman–Crippen MR) is 71.1 cm³/mol. The lowest BCUT2D eigenvalue weighted by molar-refractivity contribution is -0.143. The van der Waals surface area contributed by atoms with Crippen LogP contribution in [-0.4, -0.2) is 29.1 Å². The van der Waals surface area contributed by atoms with Crippen molar-refractivity contribution in [1.82, 2.24) is 5.32 Å². The van der Waals surface area contributed by atoms with E-state index >= 15 is 0 Å². The fourth-order valence-electron chi connectivity index (χ4n) is 1.49. The zero-order valence-electron chi connectivity index (χ0n) is 11.3. The van der Waals surface area contributed by atoms with Gasteiger partial charge in [-0.3, -0.25) is 4.79 Å². The maximum atomic E-state index is 11.8. The molecule has 0 aliphatic heterocycles. The smallest absolute Gasteiger partial charge is 0.326 e. The SMILES string of the molecule is CC[C@H](NC(=O)C(C)Oc1ccc(C#N)cc1)C(=O)O. The number of carboxylic acid groups (broad SMARTS) is 1. The number of aliphatic carboxylic acids is 1. The molecule has 6 heteroatoms. The largest absolute Gasteiger partial charge is 0.481 e. The molecule has 0 heterocycles. The van der Waals surface area contributed by atoms with Crippen LogP contribution in [0.25, 0.3) is 0 Å². The average molecular weight is 276 g/mol. The summed E-state index contributed by atoms with van der Waals surface area (Å²) in [7, 11) is 0. The van der Waals surface area contributed by atoms with Gasteiger partial charge in [0.15, 0.2) is 6.10 Å². The Morgan fingerprint density at radius 2 is 2.00 bits per heavy atom. The normalized spacial score (nSPS) is 12.8. The van der Waals surface area contributed by atoms with Gasteiger partial charge in [0.2, 0.25) is 0 Å². The van der Waals surface area contributed by atoms with Gasteiger partial charge >= 0.3 is 5.97 Å². The van der Waals surface area contributed by atoms with Crippen LogP contribution in [0.4, 0.5) is 0 Å². The summed E-state index contributed by atoms with van der Waals surface area (Å²) in [5.74, 6) is -1.13. The number of hydrogen-bond donors (Lipinski definition) is 2. The molecule has 0 fully saturated rings. The molecule has 2 atom stereocenters. The van der Waals surface area contributed by atoms with E-state index in [1.165, 1.54) is 6.92 Å². The number of benzene rings is 1. The van der Waals surface area contributed by atoms with Gasteiger partial charge < -0.3 is 15.2 Å². The van der Waals surface area contributed by atoms with Gasteiger partial charge in [-0.15, -0.1) is 0 Å². The number of nitrogens with one attached hydrogen (secondary N) is 1. The topological polar surface area (TPSA) is 99.4 Å². The van der Waals surface area contributed by atoms with E-state index in [9.17, 15) is 9.59 Å². The summed E-state index contributed by atoms with van der Waals surface area (Å²) in [4.78, 5) is 22.6. The zero-order valence-corrected chi connectivity index (χ0v) is 11.3. The highest BCUT2D eigenvalue weighted by atomic mass is 16.5. The molecule has 1 amide bonds. The standard InChI is InChI=1S/C14H16N2O4/c1-3-12(14(18)19)16-13(17)9(2)20-11-6-4-10(8-15)5-7-11/h4-7,9,12H,3H2,1-2H3,(H,16,17)(H,18,19)/t9?,12-/m0/s1. The van der Waals surface area contributed by atoms with Gasteiger partial charge in [-0.2, -0.15) is 5.26 Å². The summed E-state index contributed by atoms with van der Waals surface area (Å²) in [6, 6.07) is 7.37. The van der Waals surface area contributed by atoms with E-state index in [2.05, 4.69) is 5.32 Å². The summed E-state index contributed by atoms with van der Waals surface area (Å²) >= 11 is 0. The molecule has 1 unspecified atom stereocenters. The van der Waals surface area contributed by atoms with Gasteiger partial charge in [0, 0.05) is 0 Å². The first-order valence-electron chi connectivity index (χ1n) is 6.18. The van der Waals surface area contributed by atoms with Gasteiger partial charge in [-0.25, -0.2) is 4.79 Å². The van der Waals surface area contributed by atoms with Gasteiger partial charge in [0.25, 0.3) is 5.91 Å². The van der Waals surface area contributed by atoms with E-state index < -0.39 is 24.0 Å². The third kappa shape index (κ3) is 4.28. The van der Waals surface area contributed by atoms with E-state index in [4.69, 9.17) is 15.1 Å². The van der Waals surface area contributed by atoms with Gasteiger partial charge in [0.1, 0.15) is 11.8 Å². The van der Waals surface area contributed by atoms with E-state index in [0.29, 0.717) is 17.7 Å². The minimum atomic E-state index is -1.08. The second-order valence-corrected chi connectivity index (χ2v) is 4.20. The maximum absolute atomic E-state index is 11.8. The molecule has 1 rings (SSSR count). The van der Waals surface area contributed by atoms with E-state index in [1.807, 2.05) is 6.07 Å². The molecule has 2 N–H and O–H groups in total. The number of ether oxygens (including phenoxy) is 1. The molecule has 20 heavy (non-hydrogen) atoms. The summed E-state index contributed by atoms with van der Waals surface area (Å²) in [6.45, 7) is 3.20. The highest BCUT2D eigenvalue weighted by Gasteiger charge is 2.22. The summed E-state index contributed by atoms with van der Waals surface area (Å²) < 4.78 is 5.39. The molecular formula is C14H16N2O4. The van der Waals surface area contributed by atoms with Crippen molar-refractivity contribution in [2.45, 2.75) is 32.4 Å². The van der Waals surface area contributed by atoms with Crippen LogP contribution in [0.1, 0.15) is 25.8 Å². The molecule has 1 aromatic rings. The second kappa shape index (κ2) is 7.14. The van der Waals surface area contributed by atoms with Crippen LogP contribution in [0.3, 0.4) is 0 Å². The Morgan fingerprint density at radius 1 is 1.40 bits per heavy atom. The minimum Gasteiger partial charge on any atom is -0.481 e. The van der Waals surface area contributed by atoms with Gasteiger partial charge in [-0.05, 0) is 37.6 Å².